The lowest BCUT2D eigenvalue weighted by Crippen LogP contribution is -2.39. The van der Waals surface area contributed by atoms with Gasteiger partial charge in [-0.1, -0.05) is 23.8 Å². The van der Waals surface area contributed by atoms with Crippen molar-refractivity contribution in [3.8, 4) is 5.75 Å². The predicted molar refractivity (Wildman–Crippen MR) is 94.5 cm³/mol. The standard InChI is InChI=1S/C17H21N3OS/c1-12-6-8-15(9-7-12)21-11-14(3)19-17(22)20-16-13(2)5-4-10-18-16/h4-10,14H,11H2,1-3H3,(H2,18,19,20,22). The van der Waals surface area contributed by atoms with Gasteiger partial charge < -0.3 is 15.4 Å². The van der Waals surface area contributed by atoms with Crippen LogP contribution in [0, 0.1) is 13.8 Å². The average Bonchev–Trinajstić information content (AvgIpc) is 2.49. The van der Waals surface area contributed by atoms with Gasteiger partial charge in [-0.15, -0.1) is 0 Å². The maximum absolute atomic E-state index is 5.73. The van der Waals surface area contributed by atoms with Gasteiger partial charge in [0.05, 0.1) is 6.04 Å². The molecule has 1 aromatic carbocycles. The van der Waals surface area contributed by atoms with Gasteiger partial charge >= 0.3 is 0 Å². The zero-order chi connectivity index (χ0) is 15.9. The number of pyridine rings is 1. The molecule has 2 aromatic rings. The van der Waals surface area contributed by atoms with E-state index in [1.165, 1.54) is 5.56 Å². The van der Waals surface area contributed by atoms with Crippen molar-refractivity contribution in [3.63, 3.8) is 0 Å². The van der Waals surface area contributed by atoms with Crippen LogP contribution in [-0.2, 0) is 0 Å². The molecule has 0 aliphatic carbocycles. The van der Waals surface area contributed by atoms with Crippen LogP contribution in [-0.4, -0.2) is 22.7 Å². The number of anilines is 1. The number of thiocarbonyl (C=S) groups is 1. The van der Waals surface area contributed by atoms with Gasteiger partial charge in [0.15, 0.2) is 5.11 Å². The molecule has 1 aromatic heterocycles. The van der Waals surface area contributed by atoms with Crippen molar-refractivity contribution in [3.05, 3.63) is 53.7 Å². The average molecular weight is 315 g/mol. The minimum atomic E-state index is 0.0883. The van der Waals surface area contributed by atoms with Gasteiger partial charge in [-0.3, -0.25) is 0 Å². The minimum absolute atomic E-state index is 0.0883. The van der Waals surface area contributed by atoms with Crippen LogP contribution in [0.1, 0.15) is 18.1 Å². The fourth-order valence-electron chi connectivity index (χ4n) is 1.88. The van der Waals surface area contributed by atoms with Gasteiger partial charge in [0.2, 0.25) is 0 Å². The Morgan fingerprint density at radius 2 is 1.95 bits per heavy atom. The molecule has 0 amide bonds. The molecule has 4 nitrogen and oxygen atoms in total. The molecule has 2 rings (SSSR count). The molecule has 0 bridgehead atoms. The van der Waals surface area contributed by atoms with Crippen LogP contribution in [0.15, 0.2) is 42.6 Å². The minimum Gasteiger partial charge on any atom is -0.491 e. The van der Waals surface area contributed by atoms with Crippen molar-refractivity contribution in [1.82, 2.24) is 10.3 Å². The molecule has 0 saturated heterocycles. The molecule has 2 N–H and O–H groups in total. The zero-order valence-corrected chi connectivity index (χ0v) is 13.9. The summed E-state index contributed by atoms with van der Waals surface area (Å²) in [4.78, 5) is 4.26. The molecule has 1 unspecified atom stereocenters. The molecular formula is C17H21N3OS. The van der Waals surface area contributed by atoms with Crippen LogP contribution in [0.4, 0.5) is 5.82 Å². The summed E-state index contributed by atoms with van der Waals surface area (Å²) in [6.45, 7) is 6.60. The zero-order valence-electron chi connectivity index (χ0n) is 13.1. The SMILES string of the molecule is Cc1ccc(OCC(C)NC(=S)Nc2ncccc2C)cc1. The number of ether oxygens (including phenoxy) is 1. The largest absolute Gasteiger partial charge is 0.491 e. The van der Waals surface area contributed by atoms with Crippen LogP contribution in [0.3, 0.4) is 0 Å². The molecule has 0 aliphatic heterocycles. The lowest BCUT2D eigenvalue weighted by atomic mass is 10.2. The van der Waals surface area contributed by atoms with Crippen molar-refractivity contribution in [2.75, 3.05) is 11.9 Å². The summed E-state index contributed by atoms with van der Waals surface area (Å²) in [5.74, 6) is 1.63. The Morgan fingerprint density at radius 1 is 1.23 bits per heavy atom. The number of nitrogens with zero attached hydrogens (tertiary/aromatic N) is 1. The summed E-state index contributed by atoms with van der Waals surface area (Å²) in [6.07, 6.45) is 1.74. The van der Waals surface area contributed by atoms with Gasteiger partial charge in [-0.25, -0.2) is 4.98 Å². The molecule has 1 heterocycles. The molecule has 0 fully saturated rings. The van der Waals surface area contributed by atoms with Gasteiger partial charge in [0.25, 0.3) is 0 Å². The van der Waals surface area contributed by atoms with E-state index in [0.717, 1.165) is 17.1 Å². The highest BCUT2D eigenvalue weighted by atomic mass is 32.1. The van der Waals surface area contributed by atoms with Crippen LogP contribution in [0.25, 0.3) is 0 Å². The summed E-state index contributed by atoms with van der Waals surface area (Å²) in [6, 6.07) is 12.0. The number of hydrogen-bond donors (Lipinski definition) is 2. The monoisotopic (exact) mass is 315 g/mol. The lowest BCUT2D eigenvalue weighted by molar-refractivity contribution is 0.287. The van der Waals surface area contributed by atoms with Crippen LogP contribution < -0.4 is 15.4 Å². The first-order valence-corrected chi connectivity index (χ1v) is 7.64. The van der Waals surface area contributed by atoms with E-state index in [2.05, 4.69) is 22.5 Å². The smallest absolute Gasteiger partial charge is 0.172 e. The van der Waals surface area contributed by atoms with Crippen molar-refractivity contribution in [1.29, 1.82) is 0 Å². The highest BCUT2D eigenvalue weighted by molar-refractivity contribution is 7.80. The maximum Gasteiger partial charge on any atom is 0.172 e. The number of rotatable bonds is 5. The normalized spacial score (nSPS) is 11.6. The Labute approximate surface area is 136 Å². The quantitative estimate of drug-likeness (QED) is 0.828. The summed E-state index contributed by atoms with van der Waals surface area (Å²) >= 11 is 5.30. The van der Waals surface area contributed by atoms with E-state index in [1.54, 1.807) is 6.20 Å². The van der Waals surface area contributed by atoms with Crippen molar-refractivity contribution in [2.24, 2.45) is 0 Å². The molecule has 0 aliphatic rings. The van der Waals surface area contributed by atoms with Crippen molar-refractivity contribution < 1.29 is 4.74 Å². The first-order chi connectivity index (χ1) is 10.5. The predicted octanol–water partition coefficient (Wildman–Crippen LogP) is 3.45. The van der Waals surface area contributed by atoms with Crippen molar-refractivity contribution >= 4 is 23.1 Å². The maximum atomic E-state index is 5.73. The van der Waals surface area contributed by atoms with Crippen molar-refractivity contribution in [2.45, 2.75) is 26.8 Å². The third kappa shape index (κ3) is 5.00. The number of nitrogens with one attached hydrogen (secondary N) is 2. The lowest BCUT2D eigenvalue weighted by Gasteiger charge is -2.18. The number of aromatic nitrogens is 1. The third-order valence-corrected chi connectivity index (χ3v) is 3.36. The van der Waals surface area contributed by atoms with E-state index in [4.69, 9.17) is 17.0 Å². The second-order valence-corrected chi connectivity index (χ2v) is 5.70. The number of benzene rings is 1. The Bertz CT molecular complexity index is 628. The van der Waals surface area contributed by atoms with Crippen LogP contribution in [0.5, 0.6) is 5.75 Å². The summed E-state index contributed by atoms with van der Waals surface area (Å²) in [5, 5.41) is 6.84. The van der Waals surface area contributed by atoms with Gasteiger partial charge in [-0.2, -0.15) is 0 Å². The van der Waals surface area contributed by atoms with E-state index < -0.39 is 0 Å². The third-order valence-electron chi connectivity index (χ3n) is 3.14. The molecule has 5 heteroatoms. The Kier molecular flexibility index (Phi) is 5.72. The molecule has 116 valence electrons. The first-order valence-electron chi connectivity index (χ1n) is 7.23. The summed E-state index contributed by atoms with van der Waals surface area (Å²) < 4.78 is 5.73. The van der Waals surface area contributed by atoms with E-state index in [-0.39, 0.29) is 6.04 Å². The molecule has 0 spiro atoms. The Morgan fingerprint density at radius 3 is 2.64 bits per heavy atom. The highest BCUT2D eigenvalue weighted by Crippen LogP contribution is 2.12. The summed E-state index contributed by atoms with van der Waals surface area (Å²) in [7, 11) is 0. The van der Waals surface area contributed by atoms with Gasteiger partial charge in [-0.05, 0) is 56.8 Å². The van der Waals surface area contributed by atoms with Gasteiger partial charge in [0, 0.05) is 6.20 Å². The molecule has 1 atom stereocenters. The second kappa shape index (κ2) is 7.75. The highest BCUT2D eigenvalue weighted by Gasteiger charge is 2.07. The second-order valence-electron chi connectivity index (χ2n) is 5.29. The molecular weight excluding hydrogens is 294 g/mol. The fourth-order valence-corrected chi connectivity index (χ4v) is 2.18. The number of aryl methyl sites for hydroxylation is 2. The molecule has 22 heavy (non-hydrogen) atoms. The Hall–Kier alpha value is -2.14. The van der Waals surface area contributed by atoms with E-state index in [1.807, 2.05) is 50.2 Å². The van der Waals surface area contributed by atoms with Crippen LogP contribution >= 0.6 is 12.2 Å². The Balaban J connectivity index is 1.79. The first kappa shape index (κ1) is 16.2. The fraction of sp³-hybridized carbons (Fsp3) is 0.294. The van der Waals surface area contributed by atoms with Crippen LogP contribution in [0.2, 0.25) is 0 Å². The molecule has 0 radical (unpaired) electrons. The van der Waals surface area contributed by atoms with Gasteiger partial charge in [0.1, 0.15) is 18.2 Å². The van der Waals surface area contributed by atoms with E-state index in [0.29, 0.717) is 11.7 Å². The molecule has 0 saturated carbocycles. The topological polar surface area (TPSA) is 46.2 Å². The van der Waals surface area contributed by atoms with E-state index in [9.17, 15) is 0 Å². The summed E-state index contributed by atoms with van der Waals surface area (Å²) in [5.41, 5.74) is 2.27. The number of hydrogen-bond acceptors (Lipinski definition) is 3. The van der Waals surface area contributed by atoms with E-state index >= 15 is 0 Å².